The number of aromatic amines is 1. The monoisotopic (exact) mass is 278 g/mol. The van der Waals surface area contributed by atoms with Crippen LogP contribution in [-0.4, -0.2) is 19.3 Å². The van der Waals surface area contributed by atoms with Gasteiger partial charge in [0.2, 0.25) is 0 Å². The number of nitrogens with one attached hydrogen (secondary N) is 1. The van der Waals surface area contributed by atoms with Crippen LogP contribution >= 0.6 is 23.6 Å². The van der Waals surface area contributed by atoms with Crippen molar-refractivity contribution in [3.8, 4) is 0 Å². The third-order valence-electron chi connectivity index (χ3n) is 3.21. The molecule has 0 saturated carbocycles. The maximum atomic E-state index is 5.45. The molecule has 1 unspecified atom stereocenters. The molecule has 0 saturated heterocycles. The Hall–Kier alpha value is -1.40. The molecule has 4 nitrogen and oxygen atoms in total. The normalized spacial score (nSPS) is 13.3. The van der Waals surface area contributed by atoms with Gasteiger partial charge in [0.1, 0.15) is 5.52 Å². The van der Waals surface area contributed by atoms with Gasteiger partial charge in [-0.15, -0.1) is 11.3 Å². The smallest absolute Gasteiger partial charge is 0.179 e. The van der Waals surface area contributed by atoms with E-state index in [1.165, 1.54) is 4.88 Å². The highest BCUT2D eigenvalue weighted by molar-refractivity contribution is 7.71. The van der Waals surface area contributed by atoms with Gasteiger partial charge in [-0.3, -0.25) is 9.25 Å². The molecular weight excluding hydrogens is 264 g/mol. The van der Waals surface area contributed by atoms with Crippen LogP contribution in [0.1, 0.15) is 23.5 Å². The Kier molecular flexibility index (Phi) is 2.64. The number of nitrogens with zero attached hydrogens (tertiary/aromatic N) is 3. The topological polar surface area (TPSA) is 38.5 Å². The Balaban J connectivity index is 2.29. The average Bonchev–Trinajstić information content (AvgIpc) is 2.98. The minimum atomic E-state index is 0.223. The highest BCUT2D eigenvalue weighted by atomic mass is 32.1. The van der Waals surface area contributed by atoms with E-state index in [1.54, 1.807) is 11.3 Å². The summed E-state index contributed by atoms with van der Waals surface area (Å²) in [5.41, 5.74) is 3.07. The van der Waals surface area contributed by atoms with Crippen molar-refractivity contribution in [2.24, 2.45) is 7.05 Å². The second-order valence-electron chi connectivity index (χ2n) is 4.40. The van der Waals surface area contributed by atoms with Crippen LogP contribution in [-0.2, 0) is 7.05 Å². The molecule has 0 aromatic carbocycles. The fraction of sp³-hybridized carbons (Fsp3) is 0.333. The molecule has 3 heterocycles. The lowest BCUT2D eigenvalue weighted by atomic mass is 10.3. The van der Waals surface area contributed by atoms with Gasteiger partial charge in [-0.1, -0.05) is 6.07 Å². The zero-order valence-corrected chi connectivity index (χ0v) is 12.1. The largest absolute Gasteiger partial charge is 0.328 e. The molecule has 0 spiro atoms. The lowest BCUT2D eigenvalue weighted by molar-refractivity contribution is 0.629. The number of fused-ring (bicyclic) bond motifs is 1. The Morgan fingerprint density at radius 3 is 2.94 bits per heavy atom. The van der Waals surface area contributed by atoms with Gasteiger partial charge in [0.05, 0.1) is 11.7 Å². The van der Waals surface area contributed by atoms with E-state index >= 15 is 0 Å². The summed E-state index contributed by atoms with van der Waals surface area (Å²) >= 11 is 7.20. The van der Waals surface area contributed by atoms with Gasteiger partial charge in [0, 0.05) is 11.9 Å². The fourth-order valence-corrected chi connectivity index (χ4v) is 3.47. The van der Waals surface area contributed by atoms with Crippen LogP contribution in [0.3, 0.4) is 0 Å². The highest BCUT2D eigenvalue weighted by Gasteiger charge is 2.18. The molecule has 0 aliphatic heterocycles. The summed E-state index contributed by atoms with van der Waals surface area (Å²) in [4.78, 5) is 4.56. The molecule has 1 N–H and O–H groups in total. The zero-order valence-electron chi connectivity index (χ0n) is 10.5. The highest BCUT2D eigenvalue weighted by Crippen LogP contribution is 2.27. The van der Waals surface area contributed by atoms with Crippen molar-refractivity contribution in [1.29, 1.82) is 0 Å². The second-order valence-corrected chi connectivity index (χ2v) is 5.77. The molecule has 3 aromatic heterocycles. The SMILES string of the molecule is Cc1nn(C)c2c1[nH]c(=S)n2C(C)c1cccs1. The number of imidazole rings is 1. The molecule has 0 aliphatic rings. The van der Waals surface area contributed by atoms with Gasteiger partial charge >= 0.3 is 0 Å². The van der Waals surface area contributed by atoms with Crippen molar-refractivity contribution in [2.75, 3.05) is 0 Å². The second kappa shape index (κ2) is 4.07. The van der Waals surface area contributed by atoms with Crippen molar-refractivity contribution >= 4 is 34.7 Å². The first kappa shape index (κ1) is 11.7. The van der Waals surface area contributed by atoms with Crippen LogP contribution in [0.4, 0.5) is 0 Å². The minimum absolute atomic E-state index is 0.223. The number of hydrogen-bond donors (Lipinski definition) is 1. The van der Waals surface area contributed by atoms with Gasteiger partial charge in [-0.25, -0.2) is 0 Å². The maximum absolute atomic E-state index is 5.45. The summed E-state index contributed by atoms with van der Waals surface area (Å²) < 4.78 is 4.78. The van der Waals surface area contributed by atoms with E-state index in [0.717, 1.165) is 21.6 Å². The van der Waals surface area contributed by atoms with E-state index < -0.39 is 0 Å². The number of H-pyrrole nitrogens is 1. The van der Waals surface area contributed by atoms with Gasteiger partial charge in [-0.05, 0) is 37.5 Å². The molecule has 94 valence electrons. The first-order chi connectivity index (χ1) is 8.59. The summed E-state index contributed by atoms with van der Waals surface area (Å²) in [5, 5.41) is 6.53. The third kappa shape index (κ3) is 1.56. The Morgan fingerprint density at radius 1 is 1.50 bits per heavy atom. The summed E-state index contributed by atoms with van der Waals surface area (Å²) in [6.07, 6.45) is 0. The van der Waals surface area contributed by atoms with Crippen LogP contribution in [0.25, 0.3) is 11.2 Å². The van der Waals surface area contributed by atoms with Gasteiger partial charge < -0.3 is 4.98 Å². The molecule has 0 amide bonds. The van der Waals surface area contributed by atoms with Crippen LogP contribution < -0.4 is 0 Å². The zero-order chi connectivity index (χ0) is 12.9. The van der Waals surface area contributed by atoms with Gasteiger partial charge in [0.25, 0.3) is 0 Å². The Labute approximate surface area is 114 Å². The van der Waals surface area contributed by atoms with E-state index in [0.29, 0.717) is 0 Å². The number of aryl methyl sites for hydroxylation is 2. The van der Waals surface area contributed by atoms with E-state index in [2.05, 4.69) is 39.1 Å². The lowest BCUT2D eigenvalue weighted by Crippen LogP contribution is -2.08. The summed E-state index contributed by atoms with van der Waals surface area (Å²) in [6, 6.07) is 4.43. The van der Waals surface area contributed by atoms with E-state index in [1.807, 2.05) is 18.7 Å². The van der Waals surface area contributed by atoms with Gasteiger partial charge in [-0.2, -0.15) is 5.10 Å². The molecular formula is C12H14N4S2. The number of thiophene rings is 1. The molecule has 3 rings (SSSR count). The molecule has 3 aromatic rings. The van der Waals surface area contributed by atoms with Crippen LogP contribution in [0, 0.1) is 11.7 Å². The standard InChI is InChI=1S/C12H14N4S2/c1-7-10-11(15(3)14-7)16(12(17)13-10)8(2)9-5-4-6-18-9/h4-6,8H,1-3H3,(H,13,17). The number of hydrogen-bond acceptors (Lipinski definition) is 3. The quantitative estimate of drug-likeness (QED) is 0.730. The molecule has 0 aliphatic carbocycles. The summed E-state index contributed by atoms with van der Waals surface area (Å²) in [6.45, 7) is 4.16. The molecule has 1 atom stereocenters. The number of aromatic nitrogens is 4. The Bertz CT molecular complexity index is 745. The fourth-order valence-electron chi connectivity index (χ4n) is 2.35. The predicted molar refractivity (Wildman–Crippen MR) is 76.8 cm³/mol. The average molecular weight is 278 g/mol. The van der Waals surface area contributed by atoms with E-state index in [-0.39, 0.29) is 6.04 Å². The molecule has 0 fully saturated rings. The maximum Gasteiger partial charge on any atom is 0.179 e. The Morgan fingerprint density at radius 2 is 2.28 bits per heavy atom. The van der Waals surface area contributed by atoms with E-state index in [4.69, 9.17) is 12.2 Å². The van der Waals surface area contributed by atoms with Gasteiger partial charge in [0.15, 0.2) is 10.4 Å². The van der Waals surface area contributed by atoms with Crippen molar-refractivity contribution in [2.45, 2.75) is 19.9 Å². The van der Waals surface area contributed by atoms with E-state index in [9.17, 15) is 0 Å². The molecule has 0 bridgehead atoms. The van der Waals surface area contributed by atoms with Crippen molar-refractivity contribution in [3.05, 3.63) is 32.9 Å². The molecule has 6 heteroatoms. The van der Waals surface area contributed by atoms with Crippen LogP contribution in [0.5, 0.6) is 0 Å². The molecule has 18 heavy (non-hydrogen) atoms. The third-order valence-corrected chi connectivity index (χ3v) is 4.55. The van der Waals surface area contributed by atoms with Crippen molar-refractivity contribution in [3.63, 3.8) is 0 Å². The van der Waals surface area contributed by atoms with Crippen LogP contribution in [0.2, 0.25) is 0 Å². The first-order valence-corrected chi connectivity index (χ1v) is 7.05. The van der Waals surface area contributed by atoms with Crippen molar-refractivity contribution < 1.29 is 0 Å². The number of rotatable bonds is 2. The van der Waals surface area contributed by atoms with Crippen LogP contribution in [0.15, 0.2) is 17.5 Å². The summed E-state index contributed by atoms with van der Waals surface area (Å²) in [5.74, 6) is 0. The first-order valence-electron chi connectivity index (χ1n) is 5.77. The van der Waals surface area contributed by atoms with Crippen molar-refractivity contribution in [1.82, 2.24) is 19.3 Å². The lowest BCUT2D eigenvalue weighted by Gasteiger charge is -2.12. The summed E-state index contributed by atoms with van der Waals surface area (Å²) in [7, 11) is 1.95. The molecule has 0 radical (unpaired) electrons. The minimum Gasteiger partial charge on any atom is -0.328 e. The predicted octanol–water partition coefficient (Wildman–Crippen LogP) is 3.41.